The average Bonchev–Trinajstić information content (AvgIpc) is 2.67. The molecule has 0 amide bonds. The number of hydrogen-bond donors (Lipinski definition) is 0. The van der Waals surface area contributed by atoms with E-state index in [4.69, 9.17) is 4.42 Å². The molecule has 0 aliphatic carbocycles. The third kappa shape index (κ3) is 0.865. The molecule has 0 N–H and O–H groups in total. The molecule has 2 aliphatic rings. The van der Waals surface area contributed by atoms with E-state index in [-0.39, 0.29) is 0 Å². The molecule has 0 bridgehead atoms. The van der Waals surface area contributed by atoms with Crippen LogP contribution in [0.4, 0.5) is 0 Å². The minimum Gasteiger partial charge on any atom is -0.461 e. The molecule has 2 aliphatic heterocycles. The fourth-order valence-electron chi connectivity index (χ4n) is 1.69. The van der Waals surface area contributed by atoms with E-state index in [1.807, 2.05) is 31.2 Å². The smallest absolute Gasteiger partial charge is 0.136 e. The Morgan fingerprint density at radius 3 is 3.00 bits per heavy atom. The van der Waals surface area contributed by atoms with Crippen molar-refractivity contribution in [1.29, 1.82) is 0 Å². The first-order chi connectivity index (χ1) is 6.86. The van der Waals surface area contributed by atoms with Gasteiger partial charge in [0.2, 0.25) is 0 Å². The van der Waals surface area contributed by atoms with Gasteiger partial charge in [-0.05, 0) is 19.1 Å². The fraction of sp³-hybridized carbons (Fsp3) is 0.0909. The monoisotopic (exact) mass is 184 g/mol. The summed E-state index contributed by atoms with van der Waals surface area (Å²) in [6.45, 7) is 1.93. The molecule has 0 saturated heterocycles. The molecule has 0 unspecified atom stereocenters. The number of aryl methyl sites for hydroxylation is 1. The van der Waals surface area contributed by atoms with Crippen molar-refractivity contribution in [3.05, 3.63) is 36.2 Å². The van der Waals surface area contributed by atoms with E-state index >= 15 is 0 Å². The molecule has 68 valence electrons. The molecular formula is C11H8N2O. The molecule has 3 nitrogen and oxygen atoms in total. The van der Waals surface area contributed by atoms with Crippen LogP contribution in [-0.2, 0) is 0 Å². The van der Waals surface area contributed by atoms with E-state index in [0.717, 1.165) is 28.0 Å². The second-order valence-corrected chi connectivity index (χ2v) is 3.26. The molecule has 2 heterocycles. The number of nitrogens with zero attached hydrogens (tertiary/aromatic N) is 2. The number of fused-ring (bicyclic) bond motifs is 3. The standard InChI is InChI=1S/C11H8N2O/c1-7-9-6-12-13-11(9)8-4-2-3-5-10(8)14-7/h2-6H,1H3. The number of aromatic nitrogens is 2. The quantitative estimate of drug-likeness (QED) is 0.539. The van der Waals surface area contributed by atoms with Gasteiger partial charge in [0.05, 0.1) is 11.8 Å². The van der Waals surface area contributed by atoms with Crippen molar-refractivity contribution in [3.8, 4) is 11.3 Å². The van der Waals surface area contributed by atoms with Gasteiger partial charge in [0.25, 0.3) is 0 Å². The maximum atomic E-state index is 5.65. The molecule has 0 fully saturated rings. The largest absolute Gasteiger partial charge is 0.461 e. The third-order valence-electron chi connectivity index (χ3n) is 2.38. The van der Waals surface area contributed by atoms with Gasteiger partial charge in [0.15, 0.2) is 0 Å². The summed E-state index contributed by atoms with van der Waals surface area (Å²) < 4.78 is 5.65. The molecule has 0 atom stereocenters. The minimum atomic E-state index is 0.859. The Labute approximate surface area is 80.7 Å². The molecule has 0 radical (unpaired) electrons. The number of benzene rings is 1. The van der Waals surface area contributed by atoms with E-state index in [2.05, 4.69) is 10.2 Å². The highest BCUT2D eigenvalue weighted by Crippen LogP contribution is 2.31. The summed E-state index contributed by atoms with van der Waals surface area (Å²) in [5, 5.41) is 9.02. The second kappa shape index (κ2) is 2.54. The van der Waals surface area contributed by atoms with Gasteiger partial charge >= 0.3 is 0 Å². The first-order valence-corrected chi connectivity index (χ1v) is 4.46. The summed E-state index contributed by atoms with van der Waals surface area (Å²) >= 11 is 0. The van der Waals surface area contributed by atoms with Gasteiger partial charge < -0.3 is 4.42 Å². The van der Waals surface area contributed by atoms with Crippen LogP contribution in [0.15, 0.2) is 34.9 Å². The van der Waals surface area contributed by atoms with Gasteiger partial charge in [-0.3, -0.25) is 0 Å². The van der Waals surface area contributed by atoms with Crippen LogP contribution < -0.4 is 0 Å². The van der Waals surface area contributed by atoms with Crippen molar-refractivity contribution in [2.75, 3.05) is 0 Å². The predicted octanol–water partition coefficient (Wildman–Crippen LogP) is 2.64. The van der Waals surface area contributed by atoms with Crippen molar-refractivity contribution < 1.29 is 4.42 Å². The minimum absolute atomic E-state index is 0.859. The van der Waals surface area contributed by atoms with Crippen molar-refractivity contribution in [2.24, 2.45) is 0 Å². The zero-order chi connectivity index (χ0) is 9.54. The topological polar surface area (TPSA) is 38.9 Å². The van der Waals surface area contributed by atoms with E-state index in [1.165, 1.54) is 0 Å². The normalized spacial score (nSPS) is 11.2. The van der Waals surface area contributed by atoms with Crippen LogP contribution in [0.1, 0.15) is 5.76 Å². The molecule has 0 saturated carbocycles. The Morgan fingerprint density at radius 2 is 2.07 bits per heavy atom. The molecule has 1 aromatic carbocycles. The molecule has 0 aromatic heterocycles. The molecule has 14 heavy (non-hydrogen) atoms. The average molecular weight is 184 g/mol. The summed E-state index contributed by atoms with van der Waals surface area (Å²) in [6, 6.07) is 7.86. The van der Waals surface area contributed by atoms with Gasteiger partial charge in [0, 0.05) is 5.39 Å². The lowest BCUT2D eigenvalue weighted by atomic mass is 10.1. The Kier molecular flexibility index (Phi) is 1.36. The third-order valence-corrected chi connectivity index (χ3v) is 2.38. The Bertz CT molecular complexity index is 571. The lowest BCUT2D eigenvalue weighted by Crippen LogP contribution is -1.85. The lowest BCUT2D eigenvalue weighted by molar-refractivity contribution is 0.568. The molecular weight excluding hydrogens is 176 g/mol. The highest BCUT2D eigenvalue weighted by Gasteiger charge is 2.14. The van der Waals surface area contributed by atoms with Crippen LogP contribution in [-0.4, -0.2) is 10.2 Å². The SMILES string of the molecule is Cc1oc2ccccc2c2nncc1-2. The molecule has 0 spiro atoms. The number of para-hydroxylation sites is 1. The van der Waals surface area contributed by atoms with Crippen molar-refractivity contribution in [1.82, 2.24) is 10.2 Å². The Hall–Kier alpha value is -1.90. The van der Waals surface area contributed by atoms with Crippen LogP contribution in [0, 0.1) is 6.92 Å². The van der Waals surface area contributed by atoms with Crippen LogP contribution in [0.2, 0.25) is 0 Å². The van der Waals surface area contributed by atoms with E-state index < -0.39 is 0 Å². The first-order valence-electron chi connectivity index (χ1n) is 4.46. The molecule has 3 heteroatoms. The van der Waals surface area contributed by atoms with Gasteiger partial charge in [-0.1, -0.05) is 12.1 Å². The van der Waals surface area contributed by atoms with Crippen molar-refractivity contribution in [2.45, 2.75) is 6.92 Å². The second-order valence-electron chi connectivity index (χ2n) is 3.26. The zero-order valence-electron chi connectivity index (χ0n) is 7.69. The maximum Gasteiger partial charge on any atom is 0.136 e. The predicted molar refractivity (Wildman–Crippen MR) is 53.2 cm³/mol. The van der Waals surface area contributed by atoms with Gasteiger partial charge in [-0.2, -0.15) is 5.10 Å². The molecule has 3 rings (SSSR count). The fourth-order valence-corrected chi connectivity index (χ4v) is 1.69. The van der Waals surface area contributed by atoms with Crippen molar-refractivity contribution >= 4 is 11.0 Å². The van der Waals surface area contributed by atoms with E-state index in [9.17, 15) is 0 Å². The van der Waals surface area contributed by atoms with Crippen LogP contribution in [0.25, 0.3) is 22.2 Å². The van der Waals surface area contributed by atoms with E-state index in [1.54, 1.807) is 6.20 Å². The number of hydrogen-bond acceptors (Lipinski definition) is 3. The van der Waals surface area contributed by atoms with Crippen LogP contribution in [0.3, 0.4) is 0 Å². The Balaban J connectivity index is 2.58. The zero-order valence-corrected chi connectivity index (χ0v) is 7.69. The van der Waals surface area contributed by atoms with Gasteiger partial charge in [-0.25, -0.2) is 0 Å². The van der Waals surface area contributed by atoms with Gasteiger partial charge in [0.1, 0.15) is 17.0 Å². The summed E-state index contributed by atoms with van der Waals surface area (Å²) in [5.74, 6) is 0.865. The van der Waals surface area contributed by atoms with Crippen LogP contribution >= 0.6 is 0 Å². The maximum absolute atomic E-state index is 5.65. The number of rotatable bonds is 0. The van der Waals surface area contributed by atoms with E-state index in [0.29, 0.717) is 0 Å². The highest BCUT2D eigenvalue weighted by atomic mass is 16.3. The summed E-state index contributed by atoms with van der Waals surface area (Å²) in [4.78, 5) is 0. The molecule has 1 aromatic rings. The Morgan fingerprint density at radius 1 is 1.21 bits per heavy atom. The summed E-state index contributed by atoms with van der Waals surface area (Å²) in [5.41, 5.74) is 2.77. The summed E-state index contributed by atoms with van der Waals surface area (Å²) in [6.07, 6.45) is 1.74. The highest BCUT2D eigenvalue weighted by molar-refractivity contribution is 5.92. The van der Waals surface area contributed by atoms with Crippen molar-refractivity contribution in [3.63, 3.8) is 0 Å². The van der Waals surface area contributed by atoms with Gasteiger partial charge in [-0.15, -0.1) is 5.10 Å². The summed E-state index contributed by atoms with van der Waals surface area (Å²) in [7, 11) is 0. The van der Waals surface area contributed by atoms with Crippen LogP contribution in [0.5, 0.6) is 0 Å². The first kappa shape index (κ1) is 7.50. The lowest BCUT2D eigenvalue weighted by Gasteiger charge is -2.04.